The number of nitrogens with zero attached hydrogens (tertiary/aromatic N) is 2. The maximum Gasteiger partial charge on any atom is 0.230 e. The third-order valence-corrected chi connectivity index (χ3v) is 6.38. The van der Waals surface area contributed by atoms with E-state index < -0.39 is 0 Å². The molecule has 184 valence electrons. The second kappa shape index (κ2) is 12.0. The van der Waals surface area contributed by atoms with E-state index in [1.807, 2.05) is 86.3 Å². The topological polar surface area (TPSA) is 61.9 Å². The van der Waals surface area contributed by atoms with Crippen molar-refractivity contribution in [1.29, 1.82) is 0 Å². The van der Waals surface area contributed by atoms with Crippen LogP contribution >= 0.6 is 0 Å². The Morgan fingerprint density at radius 2 is 1.85 bits per heavy atom. The van der Waals surface area contributed by atoms with E-state index in [9.17, 15) is 9.59 Å². The Kier molecular flexibility index (Phi) is 9.11. The predicted molar refractivity (Wildman–Crippen MR) is 138 cm³/mol. The highest BCUT2D eigenvalue weighted by Crippen LogP contribution is 2.29. The third kappa shape index (κ3) is 6.60. The number of ether oxygens (including phenoxy) is 1. The van der Waals surface area contributed by atoms with E-state index >= 15 is 0 Å². The molecule has 0 spiro atoms. The molecule has 0 saturated carbocycles. The van der Waals surface area contributed by atoms with Gasteiger partial charge in [0.25, 0.3) is 0 Å². The summed E-state index contributed by atoms with van der Waals surface area (Å²) in [5.41, 5.74) is 3.82. The fourth-order valence-electron chi connectivity index (χ4n) is 4.44. The fourth-order valence-corrected chi connectivity index (χ4v) is 4.44. The van der Waals surface area contributed by atoms with Crippen LogP contribution in [0.1, 0.15) is 57.1 Å². The molecule has 6 nitrogen and oxygen atoms in total. The van der Waals surface area contributed by atoms with Crippen LogP contribution < -0.4 is 10.2 Å². The van der Waals surface area contributed by atoms with Crippen molar-refractivity contribution >= 4 is 23.2 Å². The molecule has 2 atom stereocenters. The number of nitrogens with one attached hydrogen (secondary N) is 1. The first kappa shape index (κ1) is 25.8. The number of rotatable bonds is 10. The van der Waals surface area contributed by atoms with Gasteiger partial charge in [0.1, 0.15) is 0 Å². The number of benzene rings is 2. The van der Waals surface area contributed by atoms with Gasteiger partial charge in [-0.1, -0.05) is 51.1 Å². The molecule has 0 aliphatic carbocycles. The molecule has 2 aromatic carbocycles. The second-order valence-electron chi connectivity index (χ2n) is 9.61. The zero-order chi connectivity index (χ0) is 24.7. The van der Waals surface area contributed by atoms with E-state index in [2.05, 4.69) is 12.2 Å². The highest BCUT2D eigenvalue weighted by atomic mass is 16.5. The Bertz CT molecular complexity index is 953. The standard InChI is InChI=1S/C28H39N3O3/c1-6-25(21-11-8-7-9-12-21)28(33)31(19-24-13-10-16-34-24)18-22-17-23(29-27(32)20(2)3)14-15-26(22)30(4)5/h7-9,11-12,14-15,17,20,24-25H,6,10,13,16,18-19H2,1-5H3,(H,29,32)/t24-,25+/m0/s1. The molecule has 1 fully saturated rings. The summed E-state index contributed by atoms with van der Waals surface area (Å²) in [6.07, 6.45) is 2.79. The van der Waals surface area contributed by atoms with Crippen LogP contribution in [-0.4, -0.2) is 50.1 Å². The van der Waals surface area contributed by atoms with Gasteiger partial charge in [-0.25, -0.2) is 0 Å². The monoisotopic (exact) mass is 465 g/mol. The Morgan fingerprint density at radius 1 is 1.12 bits per heavy atom. The lowest BCUT2D eigenvalue weighted by atomic mass is 9.94. The average Bonchev–Trinajstić information content (AvgIpc) is 3.33. The molecule has 0 bridgehead atoms. The largest absolute Gasteiger partial charge is 0.377 e. The maximum atomic E-state index is 13.9. The summed E-state index contributed by atoms with van der Waals surface area (Å²) in [4.78, 5) is 30.2. The highest BCUT2D eigenvalue weighted by molar-refractivity contribution is 5.92. The number of carbonyl (C=O) groups excluding carboxylic acids is 2. The Labute approximate surface area is 204 Å². The van der Waals surface area contributed by atoms with Crippen LogP contribution in [0.3, 0.4) is 0 Å². The SMILES string of the molecule is CC[C@@H](C(=O)N(Cc1cc(NC(=O)C(C)C)ccc1N(C)C)C[C@@H]1CCCO1)c1ccccc1. The predicted octanol–water partition coefficient (Wildman–Crippen LogP) is 5.05. The van der Waals surface area contributed by atoms with Gasteiger partial charge in [-0.15, -0.1) is 0 Å². The van der Waals surface area contributed by atoms with Crippen LogP contribution in [0, 0.1) is 5.92 Å². The summed E-state index contributed by atoms with van der Waals surface area (Å²) in [5.74, 6) is -0.212. The van der Waals surface area contributed by atoms with Crippen LogP contribution in [0.4, 0.5) is 11.4 Å². The summed E-state index contributed by atoms with van der Waals surface area (Å²) in [6.45, 7) is 7.59. The van der Waals surface area contributed by atoms with E-state index in [1.165, 1.54) is 0 Å². The van der Waals surface area contributed by atoms with Crippen molar-refractivity contribution in [3.8, 4) is 0 Å². The Morgan fingerprint density at radius 3 is 2.44 bits per heavy atom. The summed E-state index contributed by atoms with van der Waals surface area (Å²) >= 11 is 0. The van der Waals surface area contributed by atoms with Gasteiger partial charge in [0.05, 0.1) is 12.0 Å². The second-order valence-corrected chi connectivity index (χ2v) is 9.61. The Balaban J connectivity index is 1.93. The zero-order valence-corrected chi connectivity index (χ0v) is 21.2. The molecule has 1 N–H and O–H groups in total. The van der Waals surface area contributed by atoms with Crippen molar-refractivity contribution in [3.05, 3.63) is 59.7 Å². The number of hydrogen-bond donors (Lipinski definition) is 1. The molecule has 1 heterocycles. The third-order valence-electron chi connectivity index (χ3n) is 6.38. The van der Waals surface area contributed by atoms with Crippen molar-refractivity contribution in [2.24, 2.45) is 5.92 Å². The van der Waals surface area contributed by atoms with Crippen molar-refractivity contribution in [1.82, 2.24) is 4.90 Å². The minimum atomic E-state index is -0.200. The molecule has 1 aliphatic rings. The molecular formula is C28H39N3O3. The van der Waals surface area contributed by atoms with Crippen LogP contribution in [0.2, 0.25) is 0 Å². The molecule has 0 radical (unpaired) electrons. The van der Waals surface area contributed by atoms with Gasteiger partial charge < -0.3 is 19.9 Å². The smallest absolute Gasteiger partial charge is 0.230 e. The minimum absolute atomic E-state index is 0.0223. The summed E-state index contributed by atoms with van der Waals surface area (Å²) in [5, 5.41) is 3.00. The molecule has 1 aliphatic heterocycles. The Hall–Kier alpha value is -2.86. The number of hydrogen-bond acceptors (Lipinski definition) is 4. The molecule has 0 unspecified atom stereocenters. The van der Waals surface area contributed by atoms with Crippen LogP contribution in [-0.2, 0) is 20.9 Å². The summed E-state index contributed by atoms with van der Waals surface area (Å²) in [7, 11) is 3.99. The quantitative estimate of drug-likeness (QED) is 0.533. The van der Waals surface area contributed by atoms with E-state index in [1.54, 1.807) is 0 Å². The van der Waals surface area contributed by atoms with E-state index in [0.29, 0.717) is 13.1 Å². The first-order valence-electron chi connectivity index (χ1n) is 12.4. The lowest BCUT2D eigenvalue weighted by molar-refractivity contribution is -0.135. The molecule has 2 amide bonds. The molecule has 34 heavy (non-hydrogen) atoms. The summed E-state index contributed by atoms with van der Waals surface area (Å²) < 4.78 is 5.91. The summed E-state index contributed by atoms with van der Waals surface area (Å²) in [6, 6.07) is 15.9. The normalized spacial score (nSPS) is 16.4. The van der Waals surface area contributed by atoms with E-state index in [-0.39, 0.29) is 29.8 Å². The molecule has 1 saturated heterocycles. The van der Waals surface area contributed by atoms with Gasteiger partial charge in [-0.2, -0.15) is 0 Å². The first-order valence-corrected chi connectivity index (χ1v) is 12.4. The van der Waals surface area contributed by atoms with Crippen LogP contribution in [0.5, 0.6) is 0 Å². The van der Waals surface area contributed by atoms with Crippen molar-refractivity contribution in [2.45, 2.75) is 58.6 Å². The number of carbonyl (C=O) groups is 2. The van der Waals surface area contributed by atoms with Gasteiger partial charge in [0, 0.05) is 51.1 Å². The highest BCUT2D eigenvalue weighted by Gasteiger charge is 2.29. The van der Waals surface area contributed by atoms with Crippen molar-refractivity contribution in [3.63, 3.8) is 0 Å². The molecule has 2 aromatic rings. The van der Waals surface area contributed by atoms with Crippen LogP contribution in [0.15, 0.2) is 48.5 Å². The fraction of sp³-hybridized carbons (Fsp3) is 0.500. The lowest BCUT2D eigenvalue weighted by Crippen LogP contribution is -2.40. The van der Waals surface area contributed by atoms with Crippen LogP contribution in [0.25, 0.3) is 0 Å². The molecule has 6 heteroatoms. The first-order chi connectivity index (χ1) is 16.3. The van der Waals surface area contributed by atoms with E-state index in [4.69, 9.17) is 4.74 Å². The maximum absolute atomic E-state index is 13.9. The number of anilines is 2. The van der Waals surface area contributed by atoms with Crippen molar-refractivity contribution < 1.29 is 14.3 Å². The molecule has 0 aromatic heterocycles. The molecular weight excluding hydrogens is 426 g/mol. The van der Waals surface area contributed by atoms with Gasteiger partial charge in [0.2, 0.25) is 11.8 Å². The van der Waals surface area contributed by atoms with Gasteiger partial charge in [0.15, 0.2) is 0 Å². The van der Waals surface area contributed by atoms with Gasteiger partial charge >= 0.3 is 0 Å². The van der Waals surface area contributed by atoms with Gasteiger partial charge in [-0.05, 0) is 48.6 Å². The average molecular weight is 466 g/mol. The number of amides is 2. The van der Waals surface area contributed by atoms with E-state index in [0.717, 1.165) is 48.4 Å². The van der Waals surface area contributed by atoms with Gasteiger partial charge in [-0.3, -0.25) is 9.59 Å². The minimum Gasteiger partial charge on any atom is -0.377 e. The lowest BCUT2D eigenvalue weighted by Gasteiger charge is -2.31. The molecule has 3 rings (SSSR count). The zero-order valence-electron chi connectivity index (χ0n) is 21.2. The van der Waals surface area contributed by atoms with Crippen molar-refractivity contribution in [2.75, 3.05) is 37.5 Å².